The van der Waals surface area contributed by atoms with Crippen LogP contribution in [0, 0.1) is 6.92 Å². The number of anilines is 1. The molecule has 2 aromatic heterocycles. The van der Waals surface area contributed by atoms with E-state index in [1.54, 1.807) is 17.6 Å². The average Bonchev–Trinajstić information content (AvgIpc) is 3.29. The molecular formula is C20H12BrN3O3S. The first-order valence-electron chi connectivity index (χ1n) is 8.47. The van der Waals surface area contributed by atoms with E-state index in [1.807, 2.05) is 37.3 Å². The molecule has 0 fully saturated rings. The van der Waals surface area contributed by atoms with Crippen LogP contribution < -0.4 is 10.3 Å². The predicted octanol–water partition coefficient (Wildman–Crippen LogP) is 4.47. The fourth-order valence-corrected chi connectivity index (χ4v) is 4.55. The van der Waals surface area contributed by atoms with Crippen LogP contribution in [0.25, 0.3) is 11.0 Å². The minimum atomic E-state index is -0.630. The fourth-order valence-electron chi connectivity index (χ4n) is 3.55. The summed E-state index contributed by atoms with van der Waals surface area (Å²) in [5.41, 5.74) is 3.81. The lowest BCUT2D eigenvalue weighted by atomic mass is 9.98. The Balaban J connectivity index is 1.85. The van der Waals surface area contributed by atoms with E-state index in [0.29, 0.717) is 21.7 Å². The van der Waals surface area contributed by atoms with Gasteiger partial charge in [0.15, 0.2) is 5.43 Å². The second kappa shape index (κ2) is 6.35. The molecule has 28 heavy (non-hydrogen) atoms. The van der Waals surface area contributed by atoms with E-state index in [2.05, 4.69) is 26.1 Å². The molecule has 0 aliphatic carbocycles. The zero-order valence-corrected chi connectivity index (χ0v) is 17.0. The molecule has 3 heterocycles. The van der Waals surface area contributed by atoms with E-state index in [4.69, 9.17) is 4.42 Å². The number of carbonyl (C=O) groups excluding carboxylic acids is 1. The van der Waals surface area contributed by atoms with Crippen molar-refractivity contribution in [2.24, 2.45) is 0 Å². The number of rotatable bonds is 2. The highest BCUT2D eigenvalue weighted by atomic mass is 79.9. The minimum absolute atomic E-state index is 0.0570. The van der Waals surface area contributed by atoms with Gasteiger partial charge in [0.05, 0.1) is 17.0 Å². The molecule has 138 valence electrons. The van der Waals surface area contributed by atoms with Gasteiger partial charge < -0.3 is 4.42 Å². The summed E-state index contributed by atoms with van der Waals surface area (Å²) in [5, 5.41) is 8.80. The number of carbonyl (C=O) groups is 1. The highest BCUT2D eigenvalue weighted by molar-refractivity contribution is 9.10. The van der Waals surface area contributed by atoms with Crippen LogP contribution >= 0.6 is 27.3 Å². The van der Waals surface area contributed by atoms with E-state index < -0.39 is 11.9 Å². The van der Waals surface area contributed by atoms with Crippen molar-refractivity contribution in [3.8, 4) is 0 Å². The third-order valence-electron chi connectivity index (χ3n) is 4.74. The van der Waals surface area contributed by atoms with Crippen LogP contribution in [-0.4, -0.2) is 16.1 Å². The molecule has 1 unspecified atom stereocenters. The maximum atomic E-state index is 13.4. The van der Waals surface area contributed by atoms with E-state index >= 15 is 0 Å². The summed E-state index contributed by atoms with van der Waals surface area (Å²) in [4.78, 5) is 28.2. The third kappa shape index (κ3) is 2.52. The van der Waals surface area contributed by atoms with Crippen LogP contribution in [0.4, 0.5) is 5.13 Å². The number of hydrogen-bond donors (Lipinski definition) is 0. The second-order valence-corrected chi connectivity index (χ2v) is 8.25. The zero-order chi connectivity index (χ0) is 19.4. The highest BCUT2D eigenvalue weighted by Gasteiger charge is 2.45. The van der Waals surface area contributed by atoms with Gasteiger partial charge in [-0.1, -0.05) is 51.0 Å². The predicted molar refractivity (Wildman–Crippen MR) is 110 cm³/mol. The molecule has 1 amide bonds. The zero-order valence-electron chi connectivity index (χ0n) is 14.5. The van der Waals surface area contributed by atoms with Gasteiger partial charge in [0.1, 0.15) is 11.1 Å². The van der Waals surface area contributed by atoms with Crippen LogP contribution in [-0.2, 0) is 0 Å². The molecule has 5 rings (SSSR count). The number of nitrogens with zero attached hydrogens (tertiary/aromatic N) is 3. The molecule has 1 aliphatic rings. The molecule has 4 aromatic rings. The van der Waals surface area contributed by atoms with Gasteiger partial charge in [-0.15, -0.1) is 10.2 Å². The van der Waals surface area contributed by atoms with Crippen LogP contribution in [0.5, 0.6) is 0 Å². The van der Waals surface area contributed by atoms with E-state index in [9.17, 15) is 9.59 Å². The molecule has 6 nitrogen and oxygen atoms in total. The maximum Gasteiger partial charge on any atom is 0.297 e. The summed E-state index contributed by atoms with van der Waals surface area (Å²) in [5.74, 6) is -0.335. The first kappa shape index (κ1) is 17.3. The Morgan fingerprint density at radius 3 is 2.79 bits per heavy atom. The van der Waals surface area contributed by atoms with Gasteiger partial charge >= 0.3 is 0 Å². The summed E-state index contributed by atoms with van der Waals surface area (Å²) in [7, 11) is 0. The van der Waals surface area contributed by atoms with Crippen LogP contribution in [0.3, 0.4) is 0 Å². The lowest BCUT2D eigenvalue weighted by molar-refractivity contribution is 0.0970. The number of aromatic nitrogens is 2. The smallest absolute Gasteiger partial charge is 0.297 e. The Morgan fingerprint density at radius 1 is 1.18 bits per heavy atom. The van der Waals surface area contributed by atoms with Crippen molar-refractivity contribution < 1.29 is 9.21 Å². The molecule has 0 saturated carbocycles. The number of fused-ring (bicyclic) bond motifs is 2. The summed E-state index contributed by atoms with van der Waals surface area (Å²) in [6.07, 6.45) is 0. The normalized spacial score (nSPS) is 16.0. The second-order valence-electron chi connectivity index (χ2n) is 6.53. The quantitative estimate of drug-likeness (QED) is 0.447. The van der Waals surface area contributed by atoms with Crippen molar-refractivity contribution in [2.45, 2.75) is 13.0 Å². The van der Waals surface area contributed by atoms with Gasteiger partial charge in [-0.2, -0.15) is 0 Å². The van der Waals surface area contributed by atoms with E-state index in [0.717, 1.165) is 15.6 Å². The SMILES string of the molecule is Cc1ccc2oc3c(c(=O)c2c1)C(c1cccc(Br)c1)N(c1nncs1)C3=O. The lowest BCUT2D eigenvalue weighted by Crippen LogP contribution is -2.29. The number of halogens is 1. The first-order chi connectivity index (χ1) is 13.5. The summed E-state index contributed by atoms with van der Waals surface area (Å²) < 4.78 is 6.77. The lowest BCUT2D eigenvalue weighted by Gasteiger charge is -2.22. The topological polar surface area (TPSA) is 76.3 Å². The van der Waals surface area contributed by atoms with Gasteiger partial charge in [0.2, 0.25) is 10.9 Å². The van der Waals surface area contributed by atoms with Gasteiger partial charge in [-0.3, -0.25) is 14.5 Å². The Labute approximate surface area is 171 Å². The monoisotopic (exact) mass is 453 g/mol. The molecule has 0 spiro atoms. The Kier molecular flexibility index (Phi) is 3.92. The number of amides is 1. The third-order valence-corrected chi connectivity index (χ3v) is 5.93. The van der Waals surface area contributed by atoms with Crippen molar-refractivity contribution in [2.75, 3.05) is 4.90 Å². The Hall–Kier alpha value is -2.84. The van der Waals surface area contributed by atoms with E-state index in [1.165, 1.54) is 16.2 Å². The number of hydrogen-bond acceptors (Lipinski definition) is 6. The van der Waals surface area contributed by atoms with Crippen LogP contribution in [0.2, 0.25) is 0 Å². The van der Waals surface area contributed by atoms with Gasteiger partial charge in [0, 0.05) is 4.47 Å². The van der Waals surface area contributed by atoms with Crippen LogP contribution in [0.1, 0.15) is 33.3 Å². The molecule has 2 aromatic carbocycles. The largest absolute Gasteiger partial charge is 0.450 e. The van der Waals surface area contributed by atoms with Crippen molar-refractivity contribution in [3.63, 3.8) is 0 Å². The first-order valence-corrected chi connectivity index (χ1v) is 10.1. The number of benzene rings is 2. The molecule has 0 radical (unpaired) electrons. The molecule has 0 bridgehead atoms. The molecule has 0 saturated heterocycles. The average molecular weight is 454 g/mol. The summed E-state index contributed by atoms with van der Waals surface area (Å²) >= 11 is 4.71. The molecule has 1 aliphatic heterocycles. The van der Waals surface area contributed by atoms with E-state index in [-0.39, 0.29) is 11.2 Å². The molecular weight excluding hydrogens is 442 g/mol. The summed E-state index contributed by atoms with van der Waals surface area (Å²) in [6.45, 7) is 1.91. The highest BCUT2D eigenvalue weighted by Crippen LogP contribution is 2.42. The van der Waals surface area contributed by atoms with Gasteiger partial charge in [-0.25, -0.2) is 0 Å². The van der Waals surface area contributed by atoms with Crippen molar-refractivity contribution in [1.82, 2.24) is 10.2 Å². The number of aryl methyl sites for hydroxylation is 1. The fraction of sp³-hybridized carbons (Fsp3) is 0.100. The van der Waals surface area contributed by atoms with Crippen molar-refractivity contribution >= 4 is 49.3 Å². The summed E-state index contributed by atoms with van der Waals surface area (Å²) in [6, 6.07) is 12.3. The Morgan fingerprint density at radius 2 is 2.04 bits per heavy atom. The Bertz CT molecular complexity index is 1300. The van der Waals surface area contributed by atoms with Crippen LogP contribution in [0.15, 0.2) is 61.7 Å². The van der Waals surface area contributed by atoms with Crippen molar-refractivity contribution in [3.05, 3.63) is 85.1 Å². The minimum Gasteiger partial charge on any atom is -0.450 e. The van der Waals surface area contributed by atoms with Crippen molar-refractivity contribution in [1.29, 1.82) is 0 Å². The maximum absolute atomic E-state index is 13.4. The molecule has 0 N–H and O–H groups in total. The van der Waals surface area contributed by atoms with Gasteiger partial charge in [0.25, 0.3) is 5.91 Å². The van der Waals surface area contributed by atoms with Gasteiger partial charge in [-0.05, 0) is 36.8 Å². The molecule has 1 atom stereocenters. The molecule has 8 heteroatoms. The standard InChI is InChI=1S/C20H12BrN3O3S/c1-10-5-6-14-13(7-10)17(25)15-16(11-3-2-4-12(21)8-11)24(19(26)18(15)27-14)20-23-22-9-28-20/h2-9,16H,1H3.